The van der Waals surface area contributed by atoms with Gasteiger partial charge >= 0.3 is 6.03 Å². The van der Waals surface area contributed by atoms with Gasteiger partial charge in [-0.1, -0.05) is 43.0 Å². The lowest BCUT2D eigenvalue weighted by atomic mass is 10.0. The zero-order chi connectivity index (χ0) is 22.7. The van der Waals surface area contributed by atoms with Crippen molar-refractivity contribution in [3.05, 3.63) is 72.1 Å². The molecular weight excluding hydrogens is 377 g/mol. The number of halogens is 1. The van der Waals surface area contributed by atoms with Gasteiger partial charge in [0.1, 0.15) is 0 Å². The number of fused-ring (bicyclic) bond motifs is 3. The summed E-state index contributed by atoms with van der Waals surface area (Å²) in [6.45, 7) is 14.7. The van der Waals surface area contributed by atoms with Crippen molar-refractivity contribution in [1.29, 1.82) is 0 Å². The van der Waals surface area contributed by atoms with Gasteiger partial charge in [-0.05, 0) is 71.3 Å². The molecule has 0 radical (unpaired) electrons. The molecule has 0 spiro atoms. The Morgan fingerprint density at radius 3 is 2.47 bits per heavy atom. The Kier molecular flexibility index (Phi) is 10.8. The molecule has 1 aromatic carbocycles. The molecule has 30 heavy (non-hydrogen) atoms. The smallest absolute Gasteiger partial charge is 0.312 e. The van der Waals surface area contributed by atoms with Crippen LogP contribution >= 0.6 is 0 Å². The third kappa shape index (κ3) is 6.42. The van der Waals surface area contributed by atoms with Crippen molar-refractivity contribution < 1.29 is 9.18 Å². The first-order valence-electron chi connectivity index (χ1n) is 10.3. The molecule has 1 aliphatic heterocycles. The van der Waals surface area contributed by atoms with E-state index in [-0.39, 0.29) is 6.03 Å². The van der Waals surface area contributed by atoms with Gasteiger partial charge in [-0.15, -0.1) is 0 Å². The molecule has 0 saturated carbocycles. The Labute approximate surface area is 180 Å². The van der Waals surface area contributed by atoms with E-state index in [1.807, 2.05) is 24.5 Å². The van der Waals surface area contributed by atoms with Gasteiger partial charge < -0.3 is 10.2 Å². The molecule has 1 amide bonds. The van der Waals surface area contributed by atoms with Gasteiger partial charge in [0.05, 0.1) is 12.7 Å². The number of rotatable bonds is 2. The van der Waals surface area contributed by atoms with Crippen molar-refractivity contribution in [2.24, 2.45) is 0 Å². The van der Waals surface area contributed by atoms with Crippen molar-refractivity contribution >= 4 is 16.9 Å². The average molecular weight is 414 g/mol. The number of aromatic nitrogens is 1. The fraction of sp³-hybridized carbons (Fsp3) is 0.400. The zero-order valence-electron chi connectivity index (χ0n) is 19.1. The molecule has 4 nitrogen and oxygen atoms in total. The Bertz CT molecular complexity index is 889. The quantitative estimate of drug-likeness (QED) is 0.600. The summed E-state index contributed by atoms with van der Waals surface area (Å²) < 4.78 is 11.4. The van der Waals surface area contributed by atoms with E-state index in [0.717, 1.165) is 37.1 Å². The van der Waals surface area contributed by atoms with Crippen LogP contribution in [0.1, 0.15) is 43.5 Å². The maximum absolute atomic E-state index is 12.9. The molecule has 0 unspecified atom stereocenters. The first kappa shape index (κ1) is 25.4. The molecule has 1 N–H and O–H groups in total. The molecule has 0 saturated heterocycles. The topological polar surface area (TPSA) is 37.3 Å². The maximum Gasteiger partial charge on any atom is 0.330 e. The van der Waals surface area contributed by atoms with E-state index >= 15 is 0 Å². The third-order valence-electron chi connectivity index (χ3n) is 5.07. The van der Waals surface area contributed by atoms with Crippen LogP contribution in [0.3, 0.4) is 0 Å². The van der Waals surface area contributed by atoms with Gasteiger partial charge in [-0.25, -0.2) is 4.79 Å². The molecule has 1 aromatic heterocycles. The van der Waals surface area contributed by atoms with Crippen LogP contribution in [-0.4, -0.2) is 36.3 Å². The number of alkyl halides is 1. The summed E-state index contributed by atoms with van der Waals surface area (Å²) in [6, 6.07) is 6.34. The number of carbonyl (C=O) groups excluding carboxylic acids is 1. The Morgan fingerprint density at radius 2 is 1.87 bits per heavy atom. The molecule has 164 valence electrons. The number of amides is 1. The fourth-order valence-electron chi connectivity index (χ4n) is 3.51. The minimum atomic E-state index is -0.0519. The number of nitrogens with zero attached hydrogens (tertiary/aromatic N) is 2. The first-order valence-corrected chi connectivity index (χ1v) is 10.3. The van der Waals surface area contributed by atoms with Gasteiger partial charge in [0.2, 0.25) is 0 Å². The molecule has 2 aromatic rings. The molecule has 3 rings (SSSR count). The van der Waals surface area contributed by atoms with Crippen LogP contribution in [0.2, 0.25) is 0 Å². The SMILES string of the molecule is C/C=C(\C)NC(=O)n1c2c(c3cc(C)ccc31)CN(C)CCCC2.C=CC=C.CF. The highest BCUT2D eigenvalue weighted by atomic mass is 19.1. The predicted octanol–water partition coefficient (Wildman–Crippen LogP) is 6.14. The molecule has 0 aliphatic carbocycles. The lowest BCUT2D eigenvalue weighted by molar-refractivity contribution is 0.244. The van der Waals surface area contributed by atoms with Crippen molar-refractivity contribution in [1.82, 2.24) is 14.8 Å². The van der Waals surface area contributed by atoms with Gasteiger partial charge in [0.15, 0.2) is 0 Å². The summed E-state index contributed by atoms with van der Waals surface area (Å²) in [4.78, 5) is 15.3. The van der Waals surface area contributed by atoms with Gasteiger partial charge in [0.25, 0.3) is 0 Å². The number of aryl methyl sites for hydroxylation is 1. The number of benzene rings is 1. The lowest BCUT2D eigenvalue weighted by Crippen LogP contribution is -2.29. The summed E-state index contributed by atoms with van der Waals surface area (Å²) in [5, 5.41) is 4.22. The van der Waals surface area contributed by atoms with Gasteiger partial charge in [-0.3, -0.25) is 8.96 Å². The summed E-state index contributed by atoms with van der Waals surface area (Å²) in [5.41, 5.74) is 5.61. The Morgan fingerprint density at radius 1 is 1.20 bits per heavy atom. The molecule has 2 heterocycles. The van der Waals surface area contributed by atoms with E-state index in [9.17, 15) is 9.18 Å². The van der Waals surface area contributed by atoms with Crippen molar-refractivity contribution in [3.63, 3.8) is 0 Å². The normalized spacial score (nSPS) is 14.1. The van der Waals surface area contributed by atoms with Crippen LogP contribution in [-0.2, 0) is 13.0 Å². The van der Waals surface area contributed by atoms with Crippen LogP contribution in [0.4, 0.5) is 9.18 Å². The highest BCUT2D eigenvalue weighted by Crippen LogP contribution is 2.30. The van der Waals surface area contributed by atoms with Gasteiger partial charge in [0, 0.05) is 23.3 Å². The minimum Gasteiger partial charge on any atom is -0.312 e. The number of carbonyl (C=O) groups is 1. The predicted molar refractivity (Wildman–Crippen MR) is 127 cm³/mol. The molecule has 0 atom stereocenters. The Balaban J connectivity index is 0.000000673. The molecule has 0 fully saturated rings. The molecule has 1 aliphatic rings. The van der Waals surface area contributed by atoms with Crippen molar-refractivity contribution in [3.8, 4) is 0 Å². The average Bonchev–Trinajstić information content (AvgIpc) is 3.02. The van der Waals surface area contributed by atoms with E-state index in [1.54, 1.807) is 12.2 Å². The summed E-state index contributed by atoms with van der Waals surface area (Å²) in [5.74, 6) is 0. The number of hydrogen-bond acceptors (Lipinski definition) is 2. The van der Waals surface area contributed by atoms with E-state index in [0.29, 0.717) is 7.18 Å². The second kappa shape index (κ2) is 12.8. The summed E-state index contributed by atoms with van der Waals surface area (Å²) >= 11 is 0. The van der Waals surface area contributed by atoms with Crippen molar-refractivity contribution in [2.45, 2.75) is 46.6 Å². The van der Waals surface area contributed by atoms with Crippen LogP contribution in [0.25, 0.3) is 10.9 Å². The highest BCUT2D eigenvalue weighted by Gasteiger charge is 2.23. The number of allylic oxidation sites excluding steroid dienone is 4. The summed E-state index contributed by atoms with van der Waals surface area (Å²) in [6.07, 6.45) is 8.44. The van der Waals surface area contributed by atoms with Crippen LogP contribution in [0.5, 0.6) is 0 Å². The maximum atomic E-state index is 12.9. The zero-order valence-corrected chi connectivity index (χ0v) is 19.1. The summed E-state index contributed by atoms with van der Waals surface area (Å²) in [7, 11) is 2.66. The largest absolute Gasteiger partial charge is 0.330 e. The fourth-order valence-corrected chi connectivity index (χ4v) is 3.51. The monoisotopic (exact) mass is 413 g/mol. The number of nitrogens with one attached hydrogen (secondary N) is 1. The molecular formula is C25H36FN3O. The van der Waals surface area contributed by atoms with Crippen LogP contribution < -0.4 is 5.32 Å². The number of hydrogen-bond donors (Lipinski definition) is 1. The van der Waals surface area contributed by atoms with E-state index in [4.69, 9.17) is 0 Å². The molecule has 5 heteroatoms. The molecule has 0 bridgehead atoms. The second-order valence-corrected chi connectivity index (χ2v) is 7.35. The third-order valence-corrected chi connectivity index (χ3v) is 5.07. The first-order chi connectivity index (χ1) is 14.4. The van der Waals surface area contributed by atoms with Gasteiger partial charge in [-0.2, -0.15) is 0 Å². The van der Waals surface area contributed by atoms with E-state index in [1.165, 1.54) is 28.6 Å². The second-order valence-electron chi connectivity index (χ2n) is 7.35. The van der Waals surface area contributed by atoms with Crippen LogP contribution in [0, 0.1) is 6.92 Å². The Hall–Kier alpha value is -2.66. The standard InChI is InChI=1S/C20H27N3O.C4H6.CH3F/c1-5-15(3)21-20(24)23-18-8-6-7-11-22(4)13-17(18)16-12-14(2)9-10-19(16)23;1-3-4-2;1-2/h5,9-10,12H,6-8,11,13H2,1-4H3,(H,21,24);3-4H,1-2H2;1H3/b15-5+;;. The van der Waals surface area contributed by atoms with Crippen molar-refractivity contribution in [2.75, 3.05) is 20.8 Å². The van der Waals surface area contributed by atoms with Crippen LogP contribution in [0.15, 0.2) is 55.3 Å². The van der Waals surface area contributed by atoms with E-state index in [2.05, 4.69) is 55.5 Å². The van der Waals surface area contributed by atoms with E-state index < -0.39 is 0 Å². The highest BCUT2D eigenvalue weighted by molar-refractivity contribution is 5.96. The lowest BCUT2D eigenvalue weighted by Gasteiger charge is -2.21. The minimum absolute atomic E-state index is 0.0519.